The molecule has 1 heterocycles. The summed E-state index contributed by atoms with van der Waals surface area (Å²) in [5.74, 6) is 2.29. The second-order valence-electron chi connectivity index (χ2n) is 6.12. The van der Waals surface area contributed by atoms with Gasteiger partial charge in [0.05, 0.1) is 34.0 Å². The fraction of sp³-hybridized carbons (Fsp3) is 0.632. The molecule has 2 rings (SSSR count). The van der Waals surface area contributed by atoms with Gasteiger partial charge in [-0.1, -0.05) is 6.07 Å². The molecular formula is C19H32N4O3. The van der Waals surface area contributed by atoms with Crippen molar-refractivity contribution in [1.29, 1.82) is 0 Å². The van der Waals surface area contributed by atoms with Crippen LogP contribution in [0.1, 0.15) is 18.9 Å². The number of methoxy groups -OCH3 is 2. The Balaban J connectivity index is 1.81. The van der Waals surface area contributed by atoms with Gasteiger partial charge in [0.1, 0.15) is 0 Å². The molecule has 26 heavy (non-hydrogen) atoms. The van der Waals surface area contributed by atoms with Crippen LogP contribution in [0.4, 0.5) is 0 Å². The number of morpholine rings is 1. The van der Waals surface area contributed by atoms with Crippen LogP contribution < -0.4 is 20.1 Å². The van der Waals surface area contributed by atoms with Crippen LogP contribution in [0, 0.1) is 0 Å². The average molecular weight is 364 g/mol. The highest BCUT2D eigenvalue weighted by molar-refractivity contribution is 5.79. The van der Waals surface area contributed by atoms with Gasteiger partial charge in [0.15, 0.2) is 17.5 Å². The van der Waals surface area contributed by atoms with E-state index in [0.29, 0.717) is 6.54 Å². The molecule has 0 atom stereocenters. The molecule has 0 spiro atoms. The molecule has 2 N–H and O–H groups in total. The van der Waals surface area contributed by atoms with E-state index in [4.69, 9.17) is 14.2 Å². The molecule has 1 saturated heterocycles. The Kier molecular flexibility index (Phi) is 9.06. The lowest BCUT2D eigenvalue weighted by atomic mass is 10.2. The predicted octanol–water partition coefficient (Wildman–Crippen LogP) is 1.48. The van der Waals surface area contributed by atoms with Crippen LogP contribution in [0.25, 0.3) is 0 Å². The standard InChI is InChI=1S/C19H32N4O3/c1-4-20-19(21-8-5-9-23-10-12-26-13-11-23)22-15-16-6-7-17(24-2)18(14-16)25-3/h6-7,14H,4-5,8-13,15H2,1-3H3,(H2,20,21,22). The third-order valence-corrected chi connectivity index (χ3v) is 4.26. The third-order valence-electron chi connectivity index (χ3n) is 4.26. The minimum absolute atomic E-state index is 0.582. The van der Waals surface area contributed by atoms with E-state index in [2.05, 4.69) is 27.4 Å². The summed E-state index contributed by atoms with van der Waals surface area (Å²) in [5, 5.41) is 6.70. The molecule has 146 valence electrons. The van der Waals surface area contributed by atoms with Crippen molar-refractivity contribution < 1.29 is 14.2 Å². The van der Waals surface area contributed by atoms with Gasteiger partial charge in [-0.25, -0.2) is 4.99 Å². The van der Waals surface area contributed by atoms with E-state index in [0.717, 1.165) is 75.4 Å². The van der Waals surface area contributed by atoms with Crippen molar-refractivity contribution >= 4 is 5.96 Å². The average Bonchev–Trinajstić information content (AvgIpc) is 2.69. The minimum atomic E-state index is 0.582. The fourth-order valence-electron chi connectivity index (χ4n) is 2.83. The number of hydrogen-bond donors (Lipinski definition) is 2. The van der Waals surface area contributed by atoms with Gasteiger partial charge in [-0.2, -0.15) is 0 Å². The Morgan fingerprint density at radius 2 is 1.92 bits per heavy atom. The zero-order valence-corrected chi connectivity index (χ0v) is 16.2. The molecule has 1 aliphatic heterocycles. The number of nitrogens with zero attached hydrogens (tertiary/aromatic N) is 2. The van der Waals surface area contributed by atoms with E-state index in [1.807, 2.05) is 18.2 Å². The quantitative estimate of drug-likeness (QED) is 0.393. The Bertz CT molecular complexity index is 560. The van der Waals surface area contributed by atoms with Crippen LogP contribution >= 0.6 is 0 Å². The Hall–Kier alpha value is -1.99. The van der Waals surface area contributed by atoms with Crippen LogP contribution in [-0.2, 0) is 11.3 Å². The monoisotopic (exact) mass is 364 g/mol. The zero-order valence-electron chi connectivity index (χ0n) is 16.2. The van der Waals surface area contributed by atoms with Gasteiger partial charge in [-0.3, -0.25) is 4.90 Å². The number of nitrogens with one attached hydrogen (secondary N) is 2. The van der Waals surface area contributed by atoms with E-state index in [1.165, 1.54) is 0 Å². The van der Waals surface area contributed by atoms with E-state index >= 15 is 0 Å². The summed E-state index contributed by atoms with van der Waals surface area (Å²) in [5.41, 5.74) is 1.08. The molecule has 1 aromatic rings. The number of benzene rings is 1. The molecule has 7 heteroatoms. The number of ether oxygens (including phenoxy) is 3. The van der Waals surface area contributed by atoms with Gasteiger partial charge in [-0.05, 0) is 37.6 Å². The normalized spacial score (nSPS) is 15.6. The highest BCUT2D eigenvalue weighted by Crippen LogP contribution is 2.27. The molecule has 0 bridgehead atoms. The molecule has 1 aliphatic rings. The second-order valence-corrected chi connectivity index (χ2v) is 6.12. The van der Waals surface area contributed by atoms with Gasteiger partial charge in [0.2, 0.25) is 0 Å². The van der Waals surface area contributed by atoms with Crippen molar-refractivity contribution in [2.45, 2.75) is 19.9 Å². The maximum atomic E-state index is 5.38. The van der Waals surface area contributed by atoms with E-state index in [1.54, 1.807) is 14.2 Å². The zero-order chi connectivity index (χ0) is 18.6. The molecule has 0 radical (unpaired) electrons. The van der Waals surface area contributed by atoms with Gasteiger partial charge >= 0.3 is 0 Å². The Labute approximate surface area is 156 Å². The van der Waals surface area contributed by atoms with Gasteiger partial charge in [0, 0.05) is 26.2 Å². The molecule has 1 aromatic carbocycles. The fourth-order valence-corrected chi connectivity index (χ4v) is 2.83. The Morgan fingerprint density at radius 1 is 1.15 bits per heavy atom. The molecule has 1 fully saturated rings. The van der Waals surface area contributed by atoms with Crippen molar-refractivity contribution in [3.05, 3.63) is 23.8 Å². The number of rotatable bonds is 9. The van der Waals surface area contributed by atoms with Crippen LogP contribution in [0.3, 0.4) is 0 Å². The van der Waals surface area contributed by atoms with Gasteiger partial charge < -0.3 is 24.8 Å². The Morgan fingerprint density at radius 3 is 2.62 bits per heavy atom. The van der Waals surface area contributed by atoms with E-state index in [-0.39, 0.29) is 0 Å². The molecule has 0 aromatic heterocycles. The third kappa shape index (κ3) is 6.72. The van der Waals surface area contributed by atoms with E-state index in [9.17, 15) is 0 Å². The van der Waals surface area contributed by atoms with Crippen LogP contribution in [0.2, 0.25) is 0 Å². The molecular weight excluding hydrogens is 332 g/mol. The van der Waals surface area contributed by atoms with Crippen molar-refractivity contribution in [3.8, 4) is 11.5 Å². The first kappa shape index (κ1) is 20.3. The maximum Gasteiger partial charge on any atom is 0.191 e. The first-order valence-electron chi connectivity index (χ1n) is 9.30. The largest absolute Gasteiger partial charge is 0.493 e. The maximum absolute atomic E-state index is 5.38. The van der Waals surface area contributed by atoms with Crippen molar-refractivity contribution in [2.75, 3.05) is 60.2 Å². The van der Waals surface area contributed by atoms with Crippen molar-refractivity contribution in [2.24, 2.45) is 4.99 Å². The number of hydrogen-bond acceptors (Lipinski definition) is 5. The summed E-state index contributed by atoms with van der Waals surface area (Å²) in [4.78, 5) is 7.11. The van der Waals surface area contributed by atoms with E-state index < -0.39 is 0 Å². The molecule has 0 aliphatic carbocycles. The lowest BCUT2D eigenvalue weighted by molar-refractivity contribution is 0.0376. The van der Waals surface area contributed by atoms with Gasteiger partial charge in [0.25, 0.3) is 0 Å². The highest BCUT2D eigenvalue weighted by atomic mass is 16.5. The summed E-state index contributed by atoms with van der Waals surface area (Å²) in [7, 11) is 3.28. The molecule has 7 nitrogen and oxygen atoms in total. The lowest BCUT2D eigenvalue weighted by Gasteiger charge is -2.26. The summed E-state index contributed by atoms with van der Waals surface area (Å²) >= 11 is 0. The SMILES string of the molecule is CCNC(=NCc1ccc(OC)c(OC)c1)NCCCN1CCOCC1. The summed E-state index contributed by atoms with van der Waals surface area (Å²) in [6.07, 6.45) is 1.08. The second kappa shape index (κ2) is 11.6. The summed E-state index contributed by atoms with van der Waals surface area (Å²) < 4.78 is 16.0. The van der Waals surface area contributed by atoms with Crippen molar-refractivity contribution in [1.82, 2.24) is 15.5 Å². The summed E-state index contributed by atoms with van der Waals surface area (Å²) in [6, 6.07) is 5.88. The van der Waals surface area contributed by atoms with Crippen LogP contribution in [-0.4, -0.2) is 71.0 Å². The van der Waals surface area contributed by atoms with Crippen molar-refractivity contribution in [3.63, 3.8) is 0 Å². The topological polar surface area (TPSA) is 67.4 Å². The van der Waals surface area contributed by atoms with Crippen LogP contribution in [0.15, 0.2) is 23.2 Å². The summed E-state index contributed by atoms with van der Waals surface area (Å²) in [6.45, 7) is 9.24. The molecule has 0 unspecified atom stereocenters. The predicted molar refractivity (Wildman–Crippen MR) is 104 cm³/mol. The number of guanidine groups is 1. The number of aliphatic imine (C=N–C) groups is 1. The first-order chi connectivity index (χ1) is 12.8. The van der Waals surface area contributed by atoms with Gasteiger partial charge in [-0.15, -0.1) is 0 Å². The first-order valence-corrected chi connectivity index (χ1v) is 9.30. The molecule has 0 saturated carbocycles. The lowest BCUT2D eigenvalue weighted by Crippen LogP contribution is -2.40. The van der Waals surface area contributed by atoms with Crippen LogP contribution in [0.5, 0.6) is 11.5 Å². The minimum Gasteiger partial charge on any atom is -0.493 e. The highest BCUT2D eigenvalue weighted by Gasteiger charge is 2.09. The molecule has 0 amide bonds. The smallest absolute Gasteiger partial charge is 0.191 e.